The van der Waals surface area contributed by atoms with E-state index in [1.54, 1.807) is 0 Å². The number of aromatic nitrogens is 6. The van der Waals surface area contributed by atoms with E-state index in [-0.39, 0.29) is 11.8 Å². The van der Waals surface area contributed by atoms with E-state index in [2.05, 4.69) is 57.4 Å². The van der Waals surface area contributed by atoms with Crippen molar-refractivity contribution in [2.45, 2.75) is 39.5 Å². The molecule has 30 heavy (non-hydrogen) atoms. The van der Waals surface area contributed by atoms with Gasteiger partial charge in [-0.25, -0.2) is 0 Å². The molecule has 0 bridgehead atoms. The van der Waals surface area contributed by atoms with Crippen molar-refractivity contribution in [2.75, 3.05) is 74.0 Å². The molecule has 0 saturated carbocycles. The summed E-state index contributed by atoms with van der Waals surface area (Å²) in [6.07, 6.45) is 0. The largest absolute Gasteiger partial charge is 0.347 e. The van der Waals surface area contributed by atoms with Gasteiger partial charge in [0.2, 0.25) is 23.8 Å². The summed E-state index contributed by atoms with van der Waals surface area (Å²) in [6.45, 7) is 11.6. The summed E-state index contributed by atoms with van der Waals surface area (Å²) >= 11 is 0. The smallest absolute Gasteiger partial charge is 0.230 e. The summed E-state index contributed by atoms with van der Waals surface area (Å²) in [5.74, 6) is 5.00. The first-order valence-electron chi connectivity index (χ1n) is 10.5. The molecule has 10 nitrogen and oxygen atoms in total. The molecule has 3 rings (SSSR count). The van der Waals surface area contributed by atoms with Gasteiger partial charge in [-0.1, -0.05) is 27.7 Å². The average molecular weight is 415 g/mol. The SMILES string of the molecule is CC(C)c1nc(N(C)C)nc(N2CCN(c3nc(C(C)C)nc(N(C)C)n3)CC2)n1. The van der Waals surface area contributed by atoms with Gasteiger partial charge in [-0.3, -0.25) is 0 Å². The third-order valence-electron chi connectivity index (χ3n) is 4.94. The summed E-state index contributed by atoms with van der Waals surface area (Å²) < 4.78 is 0. The van der Waals surface area contributed by atoms with Crippen molar-refractivity contribution in [3.8, 4) is 0 Å². The molecular weight excluding hydrogens is 380 g/mol. The van der Waals surface area contributed by atoms with E-state index in [9.17, 15) is 0 Å². The molecule has 0 amide bonds. The van der Waals surface area contributed by atoms with Crippen LogP contribution in [0.2, 0.25) is 0 Å². The molecule has 1 aliphatic heterocycles. The Morgan fingerprint density at radius 1 is 0.567 bits per heavy atom. The summed E-state index contributed by atoms with van der Waals surface area (Å²) in [5, 5.41) is 0. The maximum absolute atomic E-state index is 4.72. The predicted octanol–water partition coefficient (Wildman–Crippen LogP) is 1.76. The van der Waals surface area contributed by atoms with Gasteiger partial charge in [-0.15, -0.1) is 0 Å². The van der Waals surface area contributed by atoms with Gasteiger partial charge in [-0.2, -0.15) is 29.9 Å². The van der Waals surface area contributed by atoms with Gasteiger partial charge >= 0.3 is 0 Å². The summed E-state index contributed by atoms with van der Waals surface area (Å²) in [5.41, 5.74) is 0. The quantitative estimate of drug-likeness (QED) is 0.696. The number of hydrogen-bond donors (Lipinski definition) is 0. The molecule has 0 aromatic carbocycles. The van der Waals surface area contributed by atoms with Crippen LogP contribution < -0.4 is 19.6 Å². The van der Waals surface area contributed by atoms with Crippen molar-refractivity contribution in [1.82, 2.24) is 29.9 Å². The zero-order chi connectivity index (χ0) is 22.0. The number of rotatable bonds is 6. The molecule has 0 atom stereocenters. The van der Waals surface area contributed by atoms with Crippen LogP contribution in [0.5, 0.6) is 0 Å². The van der Waals surface area contributed by atoms with Crippen LogP contribution in [0.25, 0.3) is 0 Å². The predicted molar refractivity (Wildman–Crippen MR) is 121 cm³/mol. The second kappa shape index (κ2) is 8.93. The van der Waals surface area contributed by atoms with Gasteiger partial charge in [0, 0.05) is 66.2 Å². The monoisotopic (exact) mass is 414 g/mol. The van der Waals surface area contributed by atoms with E-state index >= 15 is 0 Å². The lowest BCUT2D eigenvalue weighted by molar-refractivity contribution is 0.614. The molecule has 3 heterocycles. The second-order valence-electron chi connectivity index (χ2n) is 8.66. The van der Waals surface area contributed by atoms with Crippen molar-refractivity contribution in [2.24, 2.45) is 0 Å². The van der Waals surface area contributed by atoms with Crippen LogP contribution in [-0.2, 0) is 0 Å². The molecule has 1 aliphatic rings. The maximum Gasteiger partial charge on any atom is 0.230 e. The van der Waals surface area contributed by atoms with Crippen LogP contribution in [-0.4, -0.2) is 84.3 Å². The van der Waals surface area contributed by atoms with Crippen LogP contribution in [0.1, 0.15) is 51.2 Å². The maximum atomic E-state index is 4.72. The zero-order valence-corrected chi connectivity index (χ0v) is 19.5. The van der Waals surface area contributed by atoms with E-state index in [4.69, 9.17) is 9.97 Å². The Kier molecular flexibility index (Phi) is 6.52. The summed E-state index contributed by atoms with van der Waals surface area (Å²) in [6, 6.07) is 0. The molecule has 2 aromatic heterocycles. The molecule has 10 heteroatoms. The van der Waals surface area contributed by atoms with Crippen molar-refractivity contribution in [1.29, 1.82) is 0 Å². The van der Waals surface area contributed by atoms with E-state index in [0.717, 1.165) is 49.7 Å². The number of nitrogens with zero attached hydrogens (tertiary/aromatic N) is 10. The molecule has 0 unspecified atom stereocenters. The van der Waals surface area contributed by atoms with Crippen molar-refractivity contribution >= 4 is 23.8 Å². The highest BCUT2D eigenvalue weighted by Gasteiger charge is 2.24. The van der Waals surface area contributed by atoms with Gasteiger partial charge in [0.25, 0.3) is 0 Å². The third-order valence-corrected chi connectivity index (χ3v) is 4.94. The fraction of sp³-hybridized carbons (Fsp3) is 0.700. The third kappa shape index (κ3) is 4.85. The van der Waals surface area contributed by atoms with Crippen LogP contribution in [0.15, 0.2) is 0 Å². The number of hydrogen-bond acceptors (Lipinski definition) is 10. The molecule has 0 N–H and O–H groups in total. The molecule has 1 fully saturated rings. The fourth-order valence-electron chi connectivity index (χ4n) is 3.04. The average Bonchev–Trinajstić information content (AvgIpc) is 2.73. The second-order valence-corrected chi connectivity index (χ2v) is 8.66. The van der Waals surface area contributed by atoms with Gasteiger partial charge in [0.05, 0.1) is 0 Å². The first kappa shape index (κ1) is 21.9. The Morgan fingerprint density at radius 3 is 1.17 bits per heavy atom. The first-order valence-corrected chi connectivity index (χ1v) is 10.5. The standard InChI is InChI=1S/C20H34N10/c1-13(2)15-21-17(27(5)6)25-19(23-15)29-9-11-30(12-10-29)20-24-16(14(3)4)22-18(26-20)28(7)8/h13-14H,9-12H2,1-8H3. The normalized spacial score (nSPS) is 14.6. The minimum absolute atomic E-state index is 0.246. The van der Waals surface area contributed by atoms with Crippen molar-refractivity contribution in [3.05, 3.63) is 11.6 Å². The lowest BCUT2D eigenvalue weighted by Gasteiger charge is -2.35. The lowest BCUT2D eigenvalue weighted by Crippen LogP contribution is -2.48. The van der Waals surface area contributed by atoms with Gasteiger partial charge in [-0.05, 0) is 0 Å². The number of piperazine rings is 1. The highest BCUT2D eigenvalue weighted by molar-refractivity contribution is 5.43. The van der Waals surface area contributed by atoms with E-state index < -0.39 is 0 Å². The minimum Gasteiger partial charge on any atom is -0.347 e. The topological polar surface area (TPSA) is 90.3 Å². The molecule has 0 aliphatic carbocycles. The Morgan fingerprint density at radius 2 is 0.900 bits per heavy atom. The van der Waals surface area contributed by atoms with Gasteiger partial charge < -0.3 is 19.6 Å². The van der Waals surface area contributed by atoms with Crippen LogP contribution >= 0.6 is 0 Å². The Hall–Kier alpha value is -2.78. The zero-order valence-electron chi connectivity index (χ0n) is 19.5. The van der Waals surface area contributed by atoms with Gasteiger partial charge in [0.15, 0.2) is 0 Å². The van der Waals surface area contributed by atoms with Crippen LogP contribution in [0.3, 0.4) is 0 Å². The molecule has 2 aromatic rings. The Balaban J connectivity index is 1.80. The fourth-order valence-corrected chi connectivity index (χ4v) is 3.04. The molecule has 164 valence electrons. The van der Waals surface area contributed by atoms with E-state index in [1.165, 1.54) is 0 Å². The highest BCUT2D eigenvalue weighted by Crippen LogP contribution is 2.22. The van der Waals surface area contributed by atoms with E-state index in [0.29, 0.717) is 11.9 Å². The Bertz CT molecular complexity index is 733. The molecular formula is C20H34N10. The molecule has 0 radical (unpaired) electrons. The van der Waals surface area contributed by atoms with Gasteiger partial charge in [0.1, 0.15) is 11.6 Å². The summed E-state index contributed by atoms with van der Waals surface area (Å²) in [7, 11) is 7.82. The number of anilines is 4. The highest BCUT2D eigenvalue weighted by atomic mass is 15.4. The van der Waals surface area contributed by atoms with Crippen molar-refractivity contribution in [3.63, 3.8) is 0 Å². The van der Waals surface area contributed by atoms with Crippen LogP contribution in [0, 0.1) is 0 Å². The minimum atomic E-state index is 0.246. The van der Waals surface area contributed by atoms with Crippen molar-refractivity contribution < 1.29 is 0 Å². The Labute approximate surface area is 179 Å². The molecule has 0 spiro atoms. The lowest BCUT2D eigenvalue weighted by atomic mass is 10.2. The summed E-state index contributed by atoms with van der Waals surface area (Å²) in [4.78, 5) is 36.2. The van der Waals surface area contributed by atoms with Crippen LogP contribution in [0.4, 0.5) is 23.8 Å². The van der Waals surface area contributed by atoms with E-state index in [1.807, 2.05) is 38.0 Å². The molecule has 1 saturated heterocycles. The first-order chi connectivity index (χ1) is 14.2.